The van der Waals surface area contributed by atoms with E-state index in [9.17, 15) is 20.2 Å². The number of nitrogens with one attached hydrogen (secondary N) is 1. The van der Waals surface area contributed by atoms with Crippen LogP contribution in [0.2, 0.25) is 0 Å². The van der Waals surface area contributed by atoms with Crippen molar-refractivity contribution in [3.63, 3.8) is 0 Å². The first-order valence-corrected chi connectivity index (χ1v) is 6.44. The maximum Gasteiger partial charge on any atom is 0.299 e. The highest BCUT2D eigenvalue weighted by molar-refractivity contribution is 5.67. The fraction of sp³-hybridized carbons (Fsp3) is 0.500. The number of rotatable bonds is 5. The van der Waals surface area contributed by atoms with E-state index in [1.807, 2.05) is 11.8 Å². The lowest BCUT2D eigenvalue weighted by Gasteiger charge is -2.28. The van der Waals surface area contributed by atoms with Gasteiger partial charge in [0.2, 0.25) is 0 Å². The predicted molar refractivity (Wildman–Crippen MR) is 74.0 cm³/mol. The second-order valence-electron chi connectivity index (χ2n) is 4.62. The molecule has 1 atom stereocenters. The zero-order valence-corrected chi connectivity index (χ0v) is 11.1. The van der Waals surface area contributed by atoms with Gasteiger partial charge in [0.15, 0.2) is 0 Å². The van der Waals surface area contributed by atoms with Crippen molar-refractivity contribution >= 4 is 17.1 Å². The average molecular weight is 280 g/mol. The van der Waals surface area contributed by atoms with Gasteiger partial charge in [0.1, 0.15) is 5.69 Å². The lowest BCUT2D eigenvalue weighted by atomic mass is 10.1. The SMILES string of the molecule is CCN(c1ccc([N+](=O)[O-])cc1[N+](=O)[O-])C1CCNC1. The molecule has 1 saturated heterocycles. The molecule has 0 aliphatic carbocycles. The van der Waals surface area contributed by atoms with Crippen LogP contribution in [-0.2, 0) is 0 Å². The number of hydrogen-bond donors (Lipinski definition) is 1. The van der Waals surface area contributed by atoms with E-state index in [4.69, 9.17) is 0 Å². The van der Waals surface area contributed by atoms with Crippen LogP contribution in [-0.4, -0.2) is 35.5 Å². The number of benzene rings is 1. The summed E-state index contributed by atoms with van der Waals surface area (Å²) in [6.45, 7) is 4.18. The Labute approximate surface area is 115 Å². The molecule has 1 aromatic carbocycles. The topological polar surface area (TPSA) is 102 Å². The predicted octanol–water partition coefficient (Wildman–Crippen LogP) is 1.69. The van der Waals surface area contributed by atoms with E-state index in [0.29, 0.717) is 12.2 Å². The Hall–Kier alpha value is -2.22. The second-order valence-corrected chi connectivity index (χ2v) is 4.62. The van der Waals surface area contributed by atoms with E-state index in [0.717, 1.165) is 25.6 Å². The Kier molecular flexibility index (Phi) is 4.14. The third-order valence-electron chi connectivity index (χ3n) is 3.49. The van der Waals surface area contributed by atoms with Gasteiger partial charge in [-0.05, 0) is 26.0 Å². The summed E-state index contributed by atoms with van der Waals surface area (Å²) in [6, 6.07) is 3.99. The van der Waals surface area contributed by atoms with Gasteiger partial charge in [0.25, 0.3) is 11.4 Å². The lowest BCUT2D eigenvalue weighted by molar-refractivity contribution is -0.393. The summed E-state index contributed by atoms with van der Waals surface area (Å²) in [5.41, 5.74) is -0.0363. The summed E-state index contributed by atoms with van der Waals surface area (Å²) in [6.07, 6.45) is 0.905. The first-order chi connectivity index (χ1) is 9.54. The molecule has 0 spiro atoms. The van der Waals surface area contributed by atoms with Gasteiger partial charge in [-0.25, -0.2) is 0 Å². The average Bonchev–Trinajstić information content (AvgIpc) is 2.93. The number of anilines is 1. The third kappa shape index (κ3) is 2.69. The Morgan fingerprint density at radius 2 is 2.10 bits per heavy atom. The van der Waals surface area contributed by atoms with Crippen molar-refractivity contribution in [3.8, 4) is 0 Å². The molecule has 8 heteroatoms. The fourth-order valence-electron chi connectivity index (χ4n) is 2.55. The molecule has 0 aromatic heterocycles. The first kappa shape index (κ1) is 14.2. The molecule has 1 heterocycles. The smallest absolute Gasteiger partial charge is 0.299 e. The zero-order valence-electron chi connectivity index (χ0n) is 11.1. The molecule has 108 valence electrons. The summed E-state index contributed by atoms with van der Waals surface area (Å²) in [5, 5.41) is 25.1. The van der Waals surface area contributed by atoms with Crippen molar-refractivity contribution in [2.75, 3.05) is 24.5 Å². The van der Waals surface area contributed by atoms with Gasteiger partial charge in [-0.3, -0.25) is 20.2 Å². The van der Waals surface area contributed by atoms with E-state index < -0.39 is 9.85 Å². The molecule has 2 rings (SSSR count). The van der Waals surface area contributed by atoms with E-state index in [1.54, 1.807) is 0 Å². The summed E-state index contributed by atoms with van der Waals surface area (Å²) < 4.78 is 0. The van der Waals surface area contributed by atoms with Crippen LogP contribution in [0.1, 0.15) is 13.3 Å². The first-order valence-electron chi connectivity index (χ1n) is 6.44. The van der Waals surface area contributed by atoms with E-state index in [2.05, 4.69) is 5.32 Å². The van der Waals surface area contributed by atoms with Gasteiger partial charge in [0.05, 0.1) is 15.9 Å². The van der Waals surface area contributed by atoms with Gasteiger partial charge in [-0.2, -0.15) is 0 Å². The van der Waals surface area contributed by atoms with Crippen LogP contribution in [0.15, 0.2) is 18.2 Å². The molecule has 0 amide bonds. The van der Waals surface area contributed by atoms with Gasteiger partial charge in [0, 0.05) is 25.2 Å². The van der Waals surface area contributed by atoms with Crippen molar-refractivity contribution in [2.45, 2.75) is 19.4 Å². The molecular weight excluding hydrogens is 264 g/mol. The Balaban J connectivity index is 2.42. The summed E-state index contributed by atoms with van der Waals surface area (Å²) in [5.74, 6) is 0. The number of nitro groups is 2. The van der Waals surface area contributed by atoms with Crippen molar-refractivity contribution in [3.05, 3.63) is 38.4 Å². The number of nitro benzene ring substituents is 2. The van der Waals surface area contributed by atoms with Crippen molar-refractivity contribution in [1.82, 2.24) is 5.32 Å². The summed E-state index contributed by atoms with van der Waals surface area (Å²) in [7, 11) is 0. The van der Waals surface area contributed by atoms with Gasteiger partial charge < -0.3 is 10.2 Å². The maximum atomic E-state index is 11.2. The highest BCUT2D eigenvalue weighted by Crippen LogP contribution is 2.33. The molecule has 1 fully saturated rings. The normalized spacial score (nSPS) is 17.9. The standard InChI is InChI=1S/C12H16N4O4/c1-2-14(10-5-6-13-8-10)11-4-3-9(15(17)18)7-12(11)16(19)20/h3-4,7,10,13H,2,5-6,8H2,1H3. The monoisotopic (exact) mass is 280 g/mol. The van der Waals surface area contributed by atoms with Crippen molar-refractivity contribution < 1.29 is 9.85 Å². The van der Waals surface area contributed by atoms with Crippen LogP contribution in [0.25, 0.3) is 0 Å². The minimum atomic E-state index is -0.621. The molecule has 0 saturated carbocycles. The quantitative estimate of drug-likeness (QED) is 0.650. The van der Waals surface area contributed by atoms with Crippen LogP contribution in [0, 0.1) is 20.2 Å². The van der Waals surface area contributed by atoms with E-state index >= 15 is 0 Å². The Morgan fingerprint density at radius 1 is 1.35 bits per heavy atom. The minimum absolute atomic E-state index is 0.181. The third-order valence-corrected chi connectivity index (χ3v) is 3.49. The van der Waals surface area contributed by atoms with Gasteiger partial charge in [-0.1, -0.05) is 0 Å². The van der Waals surface area contributed by atoms with Crippen LogP contribution in [0.4, 0.5) is 17.1 Å². The van der Waals surface area contributed by atoms with E-state index in [1.165, 1.54) is 12.1 Å². The Morgan fingerprint density at radius 3 is 2.60 bits per heavy atom. The van der Waals surface area contributed by atoms with Crippen LogP contribution >= 0.6 is 0 Å². The van der Waals surface area contributed by atoms with Crippen LogP contribution in [0.3, 0.4) is 0 Å². The molecule has 1 N–H and O–H groups in total. The lowest BCUT2D eigenvalue weighted by Crippen LogP contribution is -2.37. The highest BCUT2D eigenvalue weighted by Gasteiger charge is 2.28. The van der Waals surface area contributed by atoms with Crippen LogP contribution < -0.4 is 10.2 Å². The molecule has 1 unspecified atom stereocenters. The molecule has 20 heavy (non-hydrogen) atoms. The summed E-state index contributed by atoms with van der Waals surface area (Å²) >= 11 is 0. The molecule has 1 aromatic rings. The largest absolute Gasteiger partial charge is 0.362 e. The molecular formula is C12H16N4O4. The van der Waals surface area contributed by atoms with Crippen molar-refractivity contribution in [2.24, 2.45) is 0 Å². The molecule has 1 aliphatic heterocycles. The number of nitrogens with zero attached hydrogens (tertiary/aromatic N) is 3. The highest BCUT2D eigenvalue weighted by atomic mass is 16.6. The minimum Gasteiger partial charge on any atom is -0.362 e. The number of hydrogen-bond acceptors (Lipinski definition) is 6. The van der Waals surface area contributed by atoms with Crippen molar-refractivity contribution in [1.29, 1.82) is 0 Å². The molecule has 0 radical (unpaired) electrons. The number of non-ortho nitro benzene ring substituents is 1. The fourth-order valence-corrected chi connectivity index (χ4v) is 2.55. The van der Waals surface area contributed by atoms with Gasteiger partial charge >= 0.3 is 0 Å². The number of likely N-dealkylation sites (N-methyl/N-ethyl adjacent to an activating group) is 1. The maximum absolute atomic E-state index is 11.2. The Bertz CT molecular complexity index is 528. The van der Waals surface area contributed by atoms with E-state index in [-0.39, 0.29) is 17.4 Å². The molecule has 8 nitrogen and oxygen atoms in total. The second kappa shape index (κ2) is 5.83. The summed E-state index contributed by atoms with van der Waals surface area (Å²) in [4.78, 5) is 22.7. The molecule has 0 bridgehead atoms. The van der Waals surface area contributed by atoms with Gasteiger partial charge in [-0.15, -0.1) is 0 Å². The zero-order chi connectivity index (χ0) is 14.7. The van der Waals surface area contributed by atoms with Crippen LogP contribution in [0.5, 0.6) is 0 Å². The molecule has 1 aliphatic rings.